The third-order valence-corrected chi connectivity index (χ3v) is 4.48. The van der Waals surface area contributed by atoms with E-state index in [1.54, 1.807) is 24.5 Å². The van der Waals surface area contributed by atoms with Crippen molar-refractivity contribution in [3.63, 3.8) is 0 Å². The summed E-state index contributed by atoms with van der Waals surface area (Å²) in [5.41, 5.74) is -0.652. The molecule has 0 bridgehead atoms. The Bertz CT molecular complexity index is 1000. The molecule has 9 heteroatoms. The maximum atomic E-state index is 13.6. The van der Waals surface area contributed by atoms with E-state index < -0.39 is 23.4 Å². The number of hydrogen-bond donors (Lipinski definition) is 2. The number of anilines is 2. The van der Waals surface area contributed by atoms with Crippen LogP contribution in [0.1, 0.15) is 37.3 Å². The minimum absolute atomic E-state index is 0.133. The van der Waals surface area contributed by atoms with E-state index >= 15 is 0 Å². The van der Waals surface area contributed by atoms with E-state index in [0.717, 1.165) is 22.8 Å². The van der Waals surface area contributed by atoms with Crippen LogP contribution in [0.2, 0.25) is 0 Å². The molecule has 0 unspecified atom stereocenters. The van der Waals surface area contributed by atoms with Gasteiger partial charge < -0.3 is 9.73 Å². The van der Waals surface area contributed by atoms with Crippen LogP contribution in [0.15, 0.2) is 35.0 Å². The zero-order chi connectivity index (χ0) is 20.3. The summed E-state index contributed by atoms with van der Waals surface area (Å²) in [7, 11) is 0. The monoisotopic (exact) mass is 404 g/mol. The topological polar surface area (TPSA) is 80.0 Å². The molecule has 0 aliphatic heterocycles. The number of hydrogen-bond acceptors (Lipinski definition) is 5. The number of rotatable bonds is 4. The van der Waals surface area contributed by atoms with Crippen molar-refractivity contribution in [2.45, 2.75) is 26.2 Å². The summed E-state index contributed by atoms with van der Waals surface area (Å²) in [6.45, 7) is 6.08. The number of amides is 2. The predicted molar refractivity (Wildman–Crippen MR) is 105 cm³/mol. The van der Waals surface area contributed by atoms with E-state index in [1.807, 2.05) is 20.8 Å². The Hall–Kier alpha value is -3.07. The van der Waals surface area contributed by atoms with Gasteiger partial charge in [-0.15, -0.1) is 0 Å². The van der Waals surface area contributed by atoms with Crippen LogP contribution < -0.4 is 10.6 Å². The molecule has 2 aromatic heterocycles. The smallest absolute Gasteiger partial charge is 0.325 e. The molecule has 146 valence electrons. The molecule has 0 aliphatic carbocycles. The van der Waals surface area contributed by atoms with E-state index in [2.05, 4.69) is 20.6 Å². The SMILES string of the molecule is CC(C)(C)c1cnc(/C=C\c2cnc(NC(=O)Nc3c(F)cccc3F)s2)o1. The second-order valence-corrected chi connectivity index (χ2v) is 7.95. The number of thiazole rings is 1. The van der Waals surface area contributed by atoms with Crippen molar-refractivity contribution < 1.29 is 18.0 Å². The Morgan fingerprint density at radius 2 is 1.82 bits per heavy atom. The molecule has 0 fully saturated rings. The van der Waals surface area contributed by atoms with Gasteiger partial charge in [-0.25, -0.2) is 23.5 Å². The molecule has 0 saturated heterocycles. The first kappa shape index (κ1) is 19.7. The Morgan fingerprint density at radius 1 is 1.11 bits per heavy atom. The van der Waals surface area contributed by atoms with Crippen LogP contribution in [-0.2, 0) is 5.41 Å². The van der Waals surface area contributed by atoms with Crippen LogP contribution in [0.4, 0.5) is 24.4 Å². The largest absolute Gasteiger partial charge is 0.441 e. The first-order valence-corrected chi connectivity index (χ1v) is 9.16. The van der Waals surface area contributed by atoms with Crippen LogP contribution in [-0.4, -0.2) is 16.0 Å². The quantitative estimate of drug-likeness (QED) is 0.600. The number of nitrogens with one attached hydrogen (secondary N) is 2. The highest BCUT2D eigenvalue weighted by Gasteiger charge is 2.18. The number of nitrogens with zero attached hydrogens (tertiary/aromatic N) is 2. The summed E-state index contributed by atoms with van der Waals surface area (Å²) in [6.07, 6.45) is 6.68. The highest BCUT2D eigenvalue weighted by molar-refractivity contribution is 7.16. The van der Waals surface area contributed by atoms with E-state index in [4.69, 9.17) is 4.42 Å². The fourth-order valence-electron chi connectivity index (χ4n) is 2.15. The fourth-order valence-corrected chi connectivity index (χ4v) is 2.86. The van der Waals surface area contributed by atoms with Crippen LogP contribution in [0.5, 0.6) is 0 Å². The molecule has 0 spiro atoms. The number of para-hydroxylation sites is 1. The number of carbonyl (C=O) groups excluding carboxylic acids is 1. The minimum atomic E-state index is -0.863. The second-order valence-electron chi connectivity index (χ2n) is 6.89. The van der Waals surface area contributed by atoms with Crippen molar-refractivity contribution in [2.24, 2.45) is 0 Å². The Morgan fingerprint density at radius 3 is 2.46 bits per heavy atom. The first-order valence-electron chi connectivity index (χ1n) is 8.34. The molecule has 0 saturated carbocycles. The van der Waals surface area contributed by atoms with Gasteiger partial charge in [0.25, 0.3) is 0 Å². The molecule has 6 nitrogen and oxygen atoms in total. The summed E-state index contributed by atoms with van der Waals surface area (Å²) in [4.78, 5) is 20.9. The van der Waals surface area contributed by atoms with Crippen molar-refractivity contribution in [1.82, 2.24) is 9.97 Å². The lowest BCUT2D eigenvalue weighted by molar-refractivity contribution is 0.262. The minimum Gasteiger partial charge on any atom is -0.441 e. The summed E-state index contributed by atoms with van der Waals surface area (Å²) in [5.74, 6) is -0.492. The lowest BCUT2D eigenvalue weighted by atomic mass is 9.94. The summed E-state index contributed by atoms with van der Waals surface area (Å²) < 4.78 is 32.8. The lowest BCUT2D eigenvalue weighted by Crippen LogP contribution is -2.20. The zero-order valence-electron chi connectivity index (χ0n) is 15.4. The molecule has 2 heterocycles. The van der Waals surface area contributed by atoms with Gasteiger partial charge in [0.15, 0.2) is 5.13 Å². The predicted octanol–water partition coefficient (Wildman–Crippen LogP) is 5.52. The van der Waals surface area contributed by atoms with E-state index in [0.29, 0.717) is 5.89 Å². The van der Waals surface area contributed by atoms with Crippen LogP contribution in [0.3, 0.4) is 0 Å². The van der Waals surface area contributed by atoms with Crippen LogP contribution in [0.25, 0.3) is 12.2 Å². The van der Waals surface area contributed by atoms with Crippen molar-refractivity contribution >= 4 is 40.3 Å². The van der Waals surface area contributed by atoms with Gasteiger partial charge >= 0.3 is 6.03 Å². The summed E-state index contributed by atoms with van der Waals surface area (Å²) >= 11 is 1.18. The van der Waals surface area contributed by atoms with Crippen molar-refractivity contribution in [3.8, 4) is 0 Å². The van der Waals surface area contributed by atoms with Crippen molar-refractivity contribution in [2.75, 3.05) is 10.6 Å². The van der Waals surface area contributed by atoms with E-state index in [9.17, 15) is 13.6 Å². The van der Waals surface area contributed by atoms with Gasteiger partial charge in [0, 0.05) is 22.6 Å². The molecule has 2 amide bonds. The average molecular weight is 404 g/mol. The van der Waals surface area contributed by atoms with E-state index in [1.165, 1.54) is 17.4 Å². The number of oxazole rings is 1. The molecular weight excluding hydrogens is 386 g/mol. The number of carbonyl (C=O) groups is 1. The normalized spacial score (nSPS) is 11.8. The first-order chi connectivity index (χ1) is 13.2. The molecule has 0 atom stereocenters. The van der Waals surface area contributed by atoms with Crippen LogP contribution in [0, 0.1) is 11.6 Å². The summed E-state index contributed by atoms with van der Waals surface area (Å²) in [6, 6.07) is 2.53. The van der Waals surface area contributed by atoms with Gasteiger partial charge in [-0.1, -0.05) is 38.2 Å². The lowest BCUT2D eigenvalue weighted by Gasteiger charge is -2.12. The Balaban J connectivity index is 1.62. The molecule has 0 radical (unpaired) electrons. The summed E-state index contributed by atoms with van der Waals surface area (Å²) in [5, 5.41) is 4.85. The molecule has 0 aliphatic rings. The molecule has 3 aromatic rings. The highest BCUT2D eigenvalue weighted by Crippen LogP contribution is 2.25. The zero-order valence-corrected chi connectivity index (χ0v) is 16.2. The Kier molecular flexibility index (Phi) is 5.55. The molecule has 2 N–H and O–H groups in total. The third-order valence-electron chi connectivity index (χ3n) is 3.60. The van der Waals surface area contributed by atoms with Gasteiger partial charge in [-0.2, -0.15) is 0 Å². The molecule has 28 heavy (non-hydrogen) atoms. The standard InChI is InChI=1S/C19H18F2N4O2S/c1-19(2,3)14-10-22-15(27-14)8-7-11-9-23-18(28-11)25-17(26)24-16-12(20)5-4-6-13(16)21/h4-10H,1-3H3,(H2,23,24,25,26)/b8-7-. The number of halogens is 2. The number of aromatic nitrogens is 2. The maximum absolute atomic E-state index is 13.6. The van der Waals surface area contributed by atoms with Gasteiger partial charge in [-0.05, 0) is 18.2 Å². The molecule has 3 rings (SSSR count). The van der Waals surface area contributed by atoms with Gasteiger partial charge in [0.1, 0.15) is 23.1 Å². The Labute approximate surface area is 164 Å². The van der Waals surface area contributed by atoms with Gasteiger partial charge in [0.2, 0.25) is 5.89 Å². The second kappa shape index (κ2) is 7.89. The van der Waals surface area contributed by atoms with Gasteiger partial charge in [0.05, 0.1) is 6.20 Å². The van der Waals surface area contributed by atoms with E-state index in [-0.39, 0.29) is 10.5 Å². The van der Waals surface area contributed by atoms with Crippen molar-refractivity contribution in [3.05, 3.63) is 58.8 Å². The third kappa shape index (κ3) is 4.80. The van der Waals surface area contributed by atoms with Gasteiger partial charge in [-0.3, -0.25) is 5.32 Å². The highest BCUT2D eigenvalue weighted by atomic mass is 32.1. The maximum Gasteiger partial charge on any atom is 0.325 e. The van der Waals surface area contributed by atoms with Crippen molar-refractivity contribution in [1.29, 1.82) is 0 Å². The molecule has 1 aromatic carbocycles. The van der Waals surface area contributed by atoms with Crippen LogP contribution >= 0.6 is 11.3 Å². The molecular formula is C19H18F2N4O2S. The number of urea groups is 1. The average Bonchev–Trinajstić information content (AvgIpc) is 3.25. The number of benzene rings is 1. The fraction of sp³-hybridized carbons (Fsp3) is 0.211.